The van der Waals surface area contributed by atoms with Gasteiger partial charge < -0.3 is 4.74 Å². The minimum atomic E-state index is -0.0280. The summed E-state index contributed by atoms with van der Waals surface area (Å²) in [6.07, 6.45) is 9.32. The molecule has 17 heavy (non-hydrogen) atoms. The zero-order valence-electron chi connectivity index (χ0n) is 12.1. The summed E-state index contributed by atoms with van der Waals surface area (Å²) in [5.41, 5.74) is 0. The van der Waals surface area contributed by atoms with Gasteiger partial charge in [-0.2, -0.15) is 0 Å². The molecular weight excluding hydrogens is 212 g/mol. The van der Waals surface area contributed by atoms with E-state index in [0.717, 1.165) is 12.8 Å². The van der Waals surface area contributed by atoms with Crippen molar-refractivity contribution in [1.29, 1.82) is 0 Å². The number of hydrogen-bond acceptors (Lipinski definition) is 2. The molecule has 0 N–H and O–H groups in total. The van der Waals surface area contributed by atoms with E-state index in [1.54, 1.807) is 0 Å². The van der Waals surface area contributed by atoms with Gasteiger partial charge in [0.05, 0.1) is 0 Å². The highest BCUT2D eigenvalue weighted by molar-refractivity contribution is 5.69. The van der Waals surface area contributed by atoms with Crippen molar-refractivity contribution >= 4 is 5.97 Å². The van der Waals surface area contributed by atoms with Crippen LogP contribution in [0.4, 0.5) is 0 Å². The first-order chi connectivity index (χ1) is 8.07. The van der Waals surface area contributed by atoms with Gasteiger partial charge in [0.25, 0.3) is 0 Å². The van der Waals surface area contributed by atoms with E-state index in [-0.39, 0.29) is 12.1 Å². The lowest BCUT2D eigenvalue weighted by atomic mass is 10.1. The van der Waals surface area contributed by atoms with E-state index < -0.39 is 0 Å². The molecule has 0 heterocycles. The average Bonchev–Trinajstić information content (AvgIpc) is 2.27. The van der Waals surface area contributed by atoms with Crippen LogP contribution in [0.2, 0.25) is 0 Å². The van der Waals surface area contributed by atoms with E-state index in [4.69, 9.17) is 4.74 Å². The molecule has 0 aromatic rings. The Morgan fingerprint density at radius 1 is 0.941 bits per heavy atom. The molecule has 1 atom stereocenters. The number of esters is 1. The van der Waals surface area contributed by atoms with E-state index in [2.05, 4.69) is 20.8 Å². The smallest absolute Gasteiger partial charge is 0.306 e. The summed E-state index contributed by atoms with van der Waals surface area (Å²) in [4.78, 5) is 11.5. The molecular formula is C15H30O2. The van der Waals surface area contributed by atoms with Crippen LogP contribution in [0.25, 0.3) is 0 Å². The van der Waals surface area contributed by atoms with Crippen LogP contribution in [-0.2, 0) is 9.53 Å². The summed E-state index contributed by atoms with van der Waals surface area (Å²) in [7, 11) is 0. The minimum absolute atomic E-state index is 0.0280. The molecule has 0 bridgehead atoms. The Balaban J connectivity index is 3.33. The second-order valence-corrected chi connectivity index (χ2v) is 5.31. The molecule has 0 aromatic heterocycles. The number of hydrogen-bond donors (Lipinski definition) is 0. The summed E-state index contributed by atoms with van der Waals surface area (Å²) in [5, 5.41) is 0. The normalized spacial score (nSPS) is 12.8. The van der Waals surface area contributed by atoms with Crippen molar-refractivity contribution in [2.24, 2.45) is 5.92 Å². The summed E-state index contributed by atoms with van der Waals surface area (Å²) >= 11 is 0. The fourth-order valence-corrected chi connectivity index (χ4v) is 1.63. The summed E-state index contributed by atoms with van der Waals surface area (Å²) in [5.74, 6) is 0.382. The molecule has 0 rings (SSSR count). The highest BCUT2D eigenvalue weighted by Crippen LogP contribution is 2.11. The third-order valence-electron chi connectivity index (χ3n) is 3.24. The van der Waals surface area contributed by atoms with Gasteiger partial charge in [-0.15, -0.1) is 0 Å². The molecule has 0 radical (unpaired) electrons. The molecule has 2 nitrogen and oxygen atoms in total. The summed E-state index contributed by atoms with van der Waals surface area (Å²) in [6, 6.07) is 0. The molecule has 0 spiro atoms. The summed E-state index contributed by atoms with van der Waals surface area (Å²) in [6.45, 7) is 8.34. The molecule has 0 saturated carbocycles. The Kier molecular flexibility index (Phi) is 10.3. The fraction of sp³-hybridized carbons (Fsp3) is 0.933. The second-order valence-electron chi connectivity index (χ2n) is 5.31. The Morgan fingerprint density at radius 2 is 1.47 bits per heavy atom. The molecule has 1 unspecified atom stereocenters. The highest BCUT2D eigenvalue weighted by Gasteiger charge is 2.12. The standard InChI is InChI=1S/C15H30O2/c1-5-6-7-8-9-10-11-12-15(16)17-14(4)13(2)3/h13-14H,5-12H2,1-4H3. The maximum absolute atomic E-state index is 11.5. The van der Waals surface area contributed by atoms with Gasteiger partial charge in [-0.05, 0) is 19.3 Å². The first kappa shape index (κ1) is 16.5. The van der Waals surface area contributed by atoms with E-state index in [0.29, 0.717) is 12.3 Å². The van der Waals surface area contributed by atoms with Crippen molar-refractivity contribution in [1.82, 2.24) is 0 Å². The molecule has 0 aliphatic heterocycles. The van der Waals surface area contributed by atoms with Crippen LogP contribution < -0.4 is 0 Å². The molecule has 102 valence electrons. The lowest BCUT2D eigenvalue weighted by Crippen LogP contribution is -2.19. The van der Waals surface area contributed by atoms with Gasteiger partial charge in [-0.25, -0.2) is 0 Å². The maximum Gasteiger partial charge on any atom is 0.306 e. The Morgan fingerprint density at radius 3 is 2.00 bits per heavy atom. The highest BCUT2D eigenvalue weighted by atomic mass is 16.5. The number of carbonyl (C=O) groups is 1. The van der Waals surface area contributed by atoms with Gasteiger partial charge in [-0.1, -0.05) is 59.3 Å². The largest absolute Gasteiger partial charge is 0.462 e. The Bertz CT molecular complexity index is 187. The van der Waals surface area contributed by atoms with Crippen LogP contribution in [0.1, 0.15) is 79.1 Å². The van der Waals surface area contributed by atoms with E-state index in [9.17, 15) is 4.79 Å². The monoisotopic (exact) mass is 242 g/mol. The predicted octanol–water partition coefficient (Wildman–Crippen LogP) is 4.71. The van der Waals surface area contributed by atoms with Crippen LogP contribution >= 0.6 is 0 Å². The van der Waals surface area contributed by atoms with Crippen molar-refractivity contribution < 1.29 is 9.53 Å². The SMILES string of the molecule is CCCCCCCCCC(=O)OC(C)C(C)C. The van der Waals surface area contributed by atoms with Crippen LogP contribution in [0.5, 0.6) is 0 Å². The van der Waals surface area contributed by atoms with Gasteiger partial charge >= 0.3 is 5.97 Å². The van der Waals surface area contributed by atoms with Crippen LogP contribution in [0.3, 0.4) is 0 Å². The lowest BCUT2D eigenvalue weighted by Gasteiger charge is -2.16. The van der Waals surface area contributed by atoms with Crippen LogP contribution in [-0.4, -0.2) is 12.1 Å². The zero-order chi connectivity index (χ0) is 13.1. The molecule has 0 amide bonds. The molecule has 0 aliphatic rings. The second kappa shape index (κ2) is 10.6. The Labute approximate surface area is 107 Å². The number of rotatable bonds is 10. The van der Waals surface area contributed by atoms with E-state index in [1.165, 1.54) is 32.1 Å². The van der Waals surface area contributed by atoms with Gasteiger partial charge in [-0.3, -0.25) is 4.79 Å². The number of carbonyl (C=O) groups excluding carboxylic acids is 1. The molecule has 0 aliphatic carbocycles. The third kappa shape index (κ3) is 10.3. The number of ether oxygens (including phenoxy) is 1. The van der Waals surface area contributed by atoms with Crippen molar-refractivity contribution in [3.05, 3.63) is 0 Å². The molecule has 0 fully saturated rings. The average molecular weight is 242 g/mol. The van der Waals surface area contributed by atoms with Crippen molar-refractivity contribution in [2.75, 3.05) is 0 Å². The van der Waals surface area contributed by atoms with Crippen molar-refractivity contribution in [3.8, 4) is 0 Å². The molecule has 0 saturated heterocycles. The van der Waals surface area contributed by atoms with E-state index in [1.807, 2.05) is 6.92 Å². The van der Waals surface area contributed by atoms with Crippen LogP contribution in [0, 0.1) is 5.92 Å². The molecule has 0 aromatic carbocycles. The zero-order valence-corrected chi connectivity index (χ0v) is 12.1. The topological polar surface area (TPSA) is 26.3 Å². The van der Waals surface area contributed by atoms with Crippen molar-refractivity contribution in [2.45, 2.75) is 85.2 Å². The molecule has 2 heteroatoms. The maximum atomic E-state index is 11.5. The van der Waals surface area contributed by atoms with Gasteiger partial charge in [0.1, 0.15) is 6.10 Å². The minimum Gasteiger partial charge on any atom is -0.462 e. The number of unbranched alkanes of at least 4 members (excludes halogenated alkanes) is 6. The van der Waals surface area contributed by atoms with Crippen molar-refractivity contribution in [3.63, 3.8) is 0 Å². The van der Waals surface area contributed by atoms with Gasteiger partial charge in [0, 0.05) is 6.42 Å². The Hall–Kier alpha value is -0.530. The van der Waals surface area contributed by atoms with Gasteiger partial charge in [0.15, 0.2) is 0 Å². The lowest BCUT2D eigenvalue weighted by molar-refractivity contribution is -0.150. The van der Waals surface area contributed by atoms with Gasteiger partial charge in [0.2, 0.25) is 0 Å². The summed E-state index contributed by atoms with van der Waals surface area (Å²) < 4.78 is 5.32. The first-order valence-electron chi connectivity index (χ1n) is 7.27. The first-order valence-corrected chi connectivity index (χ1v) is 7.27. The van der Waals surface area contributed by atoms with Crippen LogP contribution in [0.15, 0.2) is 0 Å². The fourth-order valence-electron chi connectivity index (χ4n) is 1.63. The third-order valence-corrected chi connectivity index (χ3v) is 3.24. The predicted molar refractivity (Wildman–Crippen MR) is 73.0 cm³/mol. The van der Waals surface area contributed by atoms with E-state index >= 15 is 0 Å². The quantitative estimate of drug-likeness (QED) is 0.409.